The number of rotatable bonds is 2. The minimum Gasteiger partial charge on any atom is -0.507 e. The molecule has 1 aromatic carbocycles. The summed E-state index contributed by atoms with van der Waals surface area (Å²) >= 11 is 0. The molecule has 1 saturated heterocycles. The lowest BCUT2D eigenvalue weighted by molar-refractivity contribution is 0.0694. The van der Waals surface area contributed by atoms with E-state index in [2.05, 4.69) is 6.92 Å². The molecular formula is C14H19NO3. The van der Waals surface area contributed by atoms with E-state index >= 15 is 0 Å². The van der Waals surface area contributed by atoms with Gasteiger partial charge in [-0.25, -0.2) is 0 Å². The standard InChI is InChI=1S/C14H19NO3/c1-10-5-7-15(8-6-10)14(17)12-4-3-11(18-2)9-13(12)16/h3-4,9-10,16H,5-8H2,1-2H3. The molecule has 1 aromatic rings. The molecule has 0 spiro atoms. The molecule has 0 aliphatic carbocycles. The van der Waals surface area contributed by atoms with E-state index < -0.39 is 0 Å². The molecule has 4 heteroatoms. The third kappa shape index (κ3) is 2.58. The number of methoxy groups -OCH3 is 1. The zero-order valence-corrected chi connectivity index (χ0v) is 10.8. The summed E-state index contributed by atoms with van der Waals surface area (Å²) in [5, 5.41) is 9.85. The number of amides is 1. The fraction of sp³-hybridized carbons (Fsp3) is 0.500. The van der Waals surface area contributed by atoms with Crippen LogP contribution in [0.15, 0.2) is 18.2 Å². The minimum absolute atomic E-state index is 0.0158. The fourth-order valence-electron chi connectivity index (χ4n) is 2.20. The number of nitrogens with zero attached hydrogens (tertiary/aromatic N) is 1. The average Bonchev–Trinajstić information content (AvgIpc) is 2.38. The van der Waals surface area contributed by atoms with Crippen molar-refractivity contribution in [1.82, 2.24) is 4.90 Å². The van der Waals surface area contributed by atoms with Crippen molar-refractivity contribution in [3.05, 3.63) is 23.8 Å². The van der Waals surface area contributed by atoms with Crippen LogP contribution in [0.4, 0.5) is 0 Å². The van der Waals surface area contributed by atoms with Crippen molar-refractivity contribution < 1.29 is 14.6 Å². The van der Waals surface area contributed by atoms with Gasteiger partial charge in [0.05, 0.1) is 12.7 Å². The zero-order chi connectivity index (χ0) is 13.1. The van der Waals surface area contributed by atoms with Crippen LogP contribution in [0.25, 0.3) is 0 Å². The summed E-state index contributed by atoms with van der Waals surface area (Å²) in [6.07, 6.45) is 2.06. The number of benzene rings is 1. The largest absolute Gasteiger partial charge is 0.507 e. The number of ether oxygens (including phenoxy) is 1. The Kier molecular flexibility index (Phi) is 3.75. The topological polar surface area (TPSA) is 49.8 Å². The summed E-state index contributed by atoms with van der Waals surface area (Å²) in [5.74, 6) is 1.12. The maximum Gasteiger partial charge on any atom is 0.257 e. The number of hydrogen-bond acceptors (Lipinski definition) is 3. The Morgan fingerprint density at radius 1 is 1.39 bits per heavy atom. The molecule has 98 valence electrons. The zero-order valence-electron chi connectivity index (χ0n) is 10.8. The molecule has 4 nitrogen and oxygen atoms in total. The summed E-state index contributed by atoms with van der Waals surface area (Å²) in [6, 6.07) is 4.79. The molecule has 2 rings (SSSR count). The van der Waals surface area contributed by atoms with Gasteiger partial charge in [-0.3, -0.25) is 4.79 Å². The van der Waals surface area contributed by atoms with Gasteiger partial charge >= 0.3 is 0 Å². The Balaban J connectivity index is 2.13. The number of carbonyl (C=O) groups is 1. The van der Waals surface area contributed by atoms with Gasteiger partial charge in [-0.2, -0.15) is 0 Å². The van der Waals surface area contributed by atoms with Gasteiger partial charge in [0.2, 0.25) is 0 Å². The first-order valence-electron chi connectivity index (χ1n) is 6.28. The van der Waals surface area contributed by atoms with Crippen LogP contribution >= 0.6 is 0 Å². The van der Waals surface area contributed by atoms with Crippen LogP contribution < -0.4 is 4.74 Å². The van der Waals surface area contributed by atoms with E-state index in [-0.39, 0.29) is 11.7 Å². The van der Waals surface area contributed by atoms with Gasteiger partial charge < -0.3 is 14.7 Å². The normalized spacial score (nSPS) is 16.7. The van der Waals surface area contributed by atoms with Gasteiger partial charge in [-0.1, -0.05) is 6.92 Å². The second-order valence-corrected chi connectivity index (χ2v) is 4.86. The van der Waals surface area contributed by atoms with Crippen molar-refractivity contribution in [2.75, 3.05) is 20.2 Å². The summed E-state index contributed by atoms with van der Waals surface area (Å²) in [5.41, 5.74) is 0.352. The van der Waals surface area contributed by atoms with Crippen molar-refractivity contribution in [1.29, 1.82) is 0 Å². The second kappa shape index (κ2) is 5.29. The molecule has 0 atom stereocenters. The molecule has 1 aliphatic heterocycles. The van der Waals surface area contributed by atoms with Crippen LogP contribution in [-0.2, 0) is 0 Å². The molecule has 1 N–H and O–H groups in total. The van der Waals surface area contributed by atoms with Gasteiger partial charge in [-0.05, 0) is 30.9 Å². The van der Waals surface area contributed by atoms with E-state index in [1.54, 1.807) is 12.1 Å². The number of carbonyl (C=O) groups excluding carboxylic acids is 1. The molecule has 1 aliphatic rings. The highest BCUT2D eigenvalue weighted by atomic mass is 16.5. The van der Waals surface area contributed by atoms with Gasteiger partial charge in [0, 0.05) is 19.2 Å². The lowest BCUT2D eigenvalue weighted by Gasteiger charge is -2.30. The molecule has 0 saturated carbocycles. The molecule has 1 heterocycles. The average molecular weight is 249 g/mol. The molecule has 0 unspecified atom stereocenters. The molecule has 0 aromatic heterocycles. The van der Waals surface area contributed by atoms with Crippen LogP contribution in [0, 0.1) is 5.92 Å². The Morgan fingerprint density at radius 3 is 2.61 bits per heavy atom. The lowest BCUT2D eigenvalue weighted by atomic mass is 9.98. The summed E-state index contributed by atoms with van der Waals surface area (Å²) in [7, 11) is 1.53. The molecule has 0 radical (unpaired) electrons. The predicted octanol–water partition coefficient (Wildman–Crippen LogP) is 2.27. The van der Waals surface area contributed by atoms with Crippen LogP contribution in [0.3, 0.4) is 0 Å². The highest BCUT2D eigenvalue weighted by Gasteiger charge is 2.23. The maximum absolute atomic E-state index is 12.3. The predicted molar refractivity (Wildman–Crippen MR) is 69.0 cm³/mol. The number of piperidine rings is 1. The van der Waals surface area contributed by atoms with Crippen molar-refractivity contribution in [2.24, 2.45) is 5.92 Å². The van der Waals surface area contributed by atoms with Crippen molar-refractivity contribution in [3.63, 3.8) is 0 Å². The monoisotopic (exact) mass is 249 g/mol. The van der Waals surface area contributed by atoms with Crippen LogP contribution in [-0.4, -0.2) is 36.1 Å². The van der Waals surface area contributed by atoms with Gasteiger partial charge in [-0.15, -0.1) is 0 Å². The van der Waals surface area contributed by atoms with E-state index in [1.807, 2.05) is 4.90 Å². The first kappa shape index (κ1) is 12.7. The number of phenols is 1. The smallest absolute Gasteiger partial charge is 0.257 e. The van der Waals surface area contributed by atoms with E-state index in [0.717, 1.165) is 25.9 Å². The molecule has 1 amide bonds. The van der Waals surface area contributed by atoms with E-state index in [9.17, 15) is 9.90 Å². The first-order chi connectivity index (χ1) is 8.61. The SMILES string of the molecule is COc1ccc(C(=O)N2CCC(C)CC2)c(O)c1. The highest BCUT2D eigenvalue weighted by molar-refractivity contribution is 5.97. The number of hydrogen-bond donors (Lipinski definition) is 1. The summed E-state index contributed by atoms with van der Waals surface area (Å²) in [6.45, 7) is 3.74. The molecule has 1 fully saturated rings. The van der Waals surface area contributed by atoms with Crippen LogP contribution in [0.2, 0.25) is 0 Å². The molecular weight excluding hydrogens is 230 g/mol. The summed E-state index contributed by atoms with van der Waals surface area (Å²) < 4.78 is 5.00. The Morgan fingerprint density at radius 2 is 2.06 bits per heavy atom. The van der Waals surface area contributed by atoms with Gasteiger partial charge in [0.15, 0.2) is 0 Å². The Bertz CT molecular complexity index is 437. The van der Waals surface area contributed by atoms with E-state index in [1.165, 1.54) is 13.2 Å². The van der Waals surface area contributed by atoms with Crippen molar-refractivity contribution in [3.8, 4) is 11.5 Å². The maximum atomic E-state index is 12.3. The Hall–Kier alpha value is -1.71. The second-order valence-electron chi connectivity index (χ2n) is 4.86. The van der Waals surface area contributed by atoms with Crippen LogP contribution in [0.1, 0.15) is 30.1 Å². The lowest BCUT2D eigenvalue weighted by Crippen LogP contribution is -2.37. The number of phenolic OH excluding ortho intramolecular Hbond substituents is 1. The molecule has 0 bridgehead atoms. The fourth-order valence-corrected chi connectivity index (χ4v) is 2.20. The van der Waals surface area contributed by atoms with Crippen LogP contribution in [0.5, 0.6) is 11.5 Å². The van der Waals surface area contributed by atoms with Gasteiger partial charge in [0.25, 0.3) is 5.91 Å². The third-order valence-corrected chi connectivity index (χ3v) is 3.51. The first-order valence-corrected chi connectivity index (χ1v) is 6.28. The third-order valence-electron chi connectivity index (χ3n) is 3.51. The molecule has 18 heavy (non-hydrogen) atoms. The highest BCUT2D eigenvalue weighted by Crippen LogP contribution is 2.26. The van der Waals surface area contributed by atoms with Gasteiger partial charge in [0.1, 0.15) is 11.5 Å². The number of likely N-dealkylation sites (tertiary alicyclic amines) is 1. The summed E-state index contributed by atoms with van der Waals surface area (Å²) in [4.78, 5) is 14.1. The van der Waals surface area contributed by atoms with Crippen molar-refractivity contribution >= 4 is 5.91 Å². The van der Waals surface area contributed by atoms with E-state index in [4.69, 9.17) is 4.74 Å². The van der Waals surface area contributed by atoms with E-state index in [0.29, 0.717) is 17.2 Å². The Labute approximate surface area is 107 Å². The minimum atomic E-state index is -0.0953. The number of aromatic hydroxyl groups is 1. The van der Waals surface area contributed by atoms with Crippen molar-refractivity contribution in [2.45, 2.75) is 19.8 Å². The quantitative estimate of drug-likeness (QED) is 0.874.